The van der Waals surface area contributed by atoms with Crippen molar-refractivity contribution in [3.8, 4) is 5.75 Å². The molecule has 2 aromatic rings. The van der Waals surface area contributed by atoms with E-state index in [-0.39, 0.29) is 5.02 Å². The van der Waals surface area contributed by atoms with Gasteiger partial charge in [-0.1, -0.05) is 39.7 Å². The van der Waals surface area contributed by atoms with Crippen molar-refractivity contribution in [2.24, 2.45) is 5.73 Å². The molecule has 0 bridgehead atoms. The minimum absolute atomic E-state index is 0.0439. The predicted octanol–water partition coefficient (Wildman–Crippen LogP) is 4.69. The molecule has 0 spiro atoms. The van der Waals surface area contributed by atoms with E-state index < -0.39 is 11.9 Å². The number of benzene rings is 2. The second-order valence-corrected chi connectivity index (χ2v) is 5.53. The second-order valence-electron chi connectivity index (χ2n) is 4.24. The smallest absolute Gasteiger partial charge is 0.142 e. The zero-order valence-electron chi connectivity index (χ0n) is 10.9. The van der Waals surface area contributed by atoms with E-state index in [9.17, 15) is 4.39 Å². The van der Waals surface area contributed by atoms with Crippen molar-refractivity contribution < 1.29 is 9.13 Å². The summed E-state index contributed by atoms with van der Waals surface area (Å²) in [6.07, 6.45) is 0. The highest BCUT2D eigenvalue weighted by Gasteiger charge is 2.19. The van der Waals surface area contributed by atoms with Gasteiger partial charge in [-0.3, -0.25) is 0 Å². The molecule has 0 saturated heterocycles. The molecule has 1 atom stereocenters. The molecule has 2 rings (SSSR count). The third-order valence-corrected chi connectivity index (χ3v) is 3.82. The van der Waals surface area contributed by atoms with Gasteiger partial charge in [0.05, 0.1) is 17.7 Å². The maximum Gasteiger partial charge on any atom is 0.142 e. The van der Waals surface area contributed by atoms with Crippen LogP contribution < -0.4 is 10.5 Å². The van der Waals surface area contributed by atoms with Crippen LogP contribution in [0.2, 0.25) is 5.02 Å². The molecular formula is C15H14BrClFNO. The van der Waals surface area contributed by atoms with Gasteiger partial charge in [0.1, 0.15) is 11.6 Å². The molecule has 0 amide bonds. The fourth-order valence-corrected chi connectivity index (χ4v) is 2.60. The van der Waals surface area contributed by atoms with Crippen LogP contribution in [0.1, 0.15) is 24.1 Å². The van der Waals surface area contributed by atoms with Crippen LogP contribution in [0.4, 0.5) is 4.39 Å². The lowest BCUT2D eigenvalue weighted by Gasteiger charge is -2.18. The van der Waals surface area contributed by atoms with Crippen molar-refractivity contribution in [1.29, 1.82) is 0 Å². The van der Waals surface area contributed by atoms with Gasteiger partial charge in [-0.25, -0.2) is 4.39 Å². The largest absolute Gasteiger partial charge is 0.494 e. The van der Waals surface area contributed by atoms with Crippen LogP contribution in [-0.2, 0) is 0 Å². The molecule has 0 aromatic heterocycles. The molecule has 0 aliphatic rings. The average Bonchev–Trinajstić information content (AvgIpc) is 2.43. The molecule has 2 N–H and O–H groups in total. The molecule has 0 heterocycles. The number of hydrogen-bond acceptors (Lipinski definition) is 2. The summed E-state index contributed by atoms with van der Waals surface area (Å²) in [4.78, 5) is 0. The Kier molecular flexibility index (Phi) is 5.02. The van der Waals surface area contributed by atoms with Gasteiger partial charge in [-0.2, -0.15) is 0 Å². The first-order chi connectivity index (χ1) is 9.54. The highest BCUT2D eigenvalue weighted by atomic mass is 79.9. The first-order valence-corrected chi connectivity index (χ1v) is 7.33. The minimum atomic E-state index is -0.558. The number of halogens is 3. The molecule has 20 heavy (non-hydrogen) atoms. The number of rotatable bonds is 4. The maximum atomic E-state index is 13.6. The lowest BCUT2D eigenvalue weighted by molar-refractivity contribution is 0.335. The SMILES string of the molecule is CCOc1ccc(Br)cc1C(N)c1cccc(F)c1Cl. The molecule has 1 unspecified atom stereocenters. The maximum absolute atomic E-state index is 13.6. The van der Waals surface area contributed by atoms with Crippen molar-refractivity contribution in [1.82, 2.24) is 0 Å². The summed E-state index contributed by atoms with van der Waals surface area (Å²) in [5, 5.41) is 0.0439. The van der Waals surface area contributed by atoms with E-state index >= 15 is 0 Å². The van der Waals surface area contributed by atoms with E-state index in [0.29, 0.717) is 17.9 Å². The number of nitrogens with two attached hydrogens (primary N) is 1. The standard InChI is InChI=1S/C15H14BrClFNO/c1-2-20-13-7-6-9(16)8-11(13)15(19)10-4-3-5-12(18)14(10)17/h3-8,15H,2,19H2,1H3. The Hall–Kier alpha value is -1.10. The van der Waals surface area contributed by atoms with Crippen molar-refractivity contribution in [3.05, 3.63) is 62.8 Å². The first kappa shape index (κ1) is 15.3. The Morgan fingerprint density at radius 2 is 2.05 bits per heavy atom. The summed E-state index contributed by atoms with van der Waals surface area (Å²) in [7, 11) is 0. The molecule has 5 heteroatoms. The summed E-state index contributed by atoms with van der Waals surface area (Å²) in [6, 6.07) is 9.61. The van der Waals surface area contributed by atoms with Gasteiger partial charge in [0.2, 0.25) is 0 Å². The van der Waals surface area contributed by atoms with E-state index in [4.69, 9.17) is 22.1 Å². The molecule has 0 aliphatic heterocycles. The molecule has 106 valence electrons. The van der Waals surface area contributed by atoms with E-state index in [2.05, 4.69) is 15.9 Å². The van der Waals surface area contributed by atoms with E-state index in [1.807, 2.05) is 25.1 Å². The van der Waals surface area contributed by atoms with Crippen molar-refractivity contribution in [3.63, 3.8) is 0 Å². The number of hydrogen-bond donors (Lipinski definition) is 1. The fourth-order valence-electron chi connectivity index (χ4n) is 1.98. The van der Waals surface area contributed by atoms with Crippen LogP contribution in [0, 0.1) is 5.82 Å². The van der Waals surface area contributed by atoms with Crippen LogP contribution in [0.25, 0.3) is 0 Å². The summed E-state index contributed by atoms with van der Waals surface area (Å²) >= 11 is 9.40. The van der Waals surface area contributed by atoms with Crippen LogP contribution >= 0.6 is 27.5 Å². The van der Waals surface area contributed by atoms with Gasteiger partial charge in [-0.05, 0) is 36.8 Å². The van der Waals surface area contributed by atoms with E-state index in [1.165, 1.54) is 6.07 Å². The van der Waals surface area contributed by atoms with Crippen LogP contribution in [0.15, 0.2) is 40.9 Å². The van der Waals surface area contributed by atoms with E-state index in [0.717, 1.165) is 10.0 Å². The summed E-state index contributed by atoms with van der Waals surface area (Å²) < 4.78 is 20.0. The van der Waals surface area contributed by atoms with Gasteiger partial charge >= 0.3 is 0 Å². The third kappa shape index (κ3) is 3.14. The summed E-state index contributed by atoms with van der Waals surface area (Å²) in [5.74, 6) is 0.191. The molecule has 0 saturated carbocycles. The van der Waals surface area contributed by atoms with Crippen molar-refractivity contribution in [2.45, 2.75) is 13.0 Å². The van der Waals surface area contributed by atoms with Gasteiger partial charge in [0.25, 0.3) is 0 Å². The topological polar surface area (TPSA) is 35.2 Å². The van der Waals surface area contributed by atoms with Crippen molar-refractivity contribution >= 4 is 27.5 Å². The van der Waals surface area contributed by atoms with Gasteiger partial charge in [0.15, 0.2) is 0 Å². The zero-order valence-corrected chi connectivity index (χ0v) is 13.2. The van der Waals surface area contributed by atoms with Gasteiger partial charge < -0.3 is 10.5 Å². The molecule has 0 radical (unpaired) electrons. The molecule has 2 nitrogen and oxygen atoms in total. The minimum Gasteiger partial charge on any atom is -0.494 e. The Balaban J connectivity index is 2.49. The lowest BCUT2D eigenvalue weighted by Crippen LogP contribution is -2.14. The van der Waals surface area contributed by atoms with Gasteiger partial charge in [0, 0.05) is 10.0 Å². The number of ether oxygens (including phenoxy) is 1. The zero-order chi connectivity index (χ0) is 14.7. The fraction of sp³-hybridized carbons (Fsp3) is 0.200. The van der Waals surface area contributed by atoms with Crippen LogP contribution in [0.5, 0.6) is 5.75 Å². The molecule has 0 aliphatic carbocycles. The third-order valence-electron chi connectivity index (χ3n) is 2.92. The highest BCUT2D eigenvalue weighted by Crippen LogP contribution is 2.34. The van der Waals surface area contributed by atoms with Crippen molar-refractivity contribution in [2.75, 3.05) is 6.61 Å². The Morgan fingerprint density at radius 1 is 1.30 bits per heavy atom. The predicted molar refractivity (Wildman–Crippen MR) is 82.8 cm³/mol. The molecular weight excluding hydrogens is 345 g/mol. The summed E-state index contributed by atoms with van der Waals surface area (Å²) in [6.45, 7) is 2.42. The molecule has 0 fully saturated rings. The Morgan fingerprint density at radius 3 is 2.75 bits per heavy atom. The second kappa shape index (κ2) is 6.57. The normalized spacial score (nSPS) is 12.2. The first-order valence-electron chi connectivity index (χ1n) is 6.16. The van der Waals surface area contributed by atoms with E-state index in [1.54, 1.807) is 12.1 Å². The highest BCUT2D eigenvalue weighted by molar-refractivity contribution is 9.10. The summed E-state index contributed by atoms with van der Waals surface area (Å²) in [5.41, 5.74) is 7.53. The quantitative estimate of drug-likeness (QED) is 0.860. The average molecular weight is 359 g/mol. The Labute approximate surface area is 130 Å². The molecule has 2 aromatic carbocycles. The lowest BCUT2D eigenvalue weighted by atomic mass is 9.98. The van der Waals surface area contributed by atoms with Gasteiger partial charge in [-0.15, -0.1) is 0 Å². The monoisotopic (exact) mass is 357 g/mol. The van der Waals surface area contributed by atoms with Crippen LogP contribution in [-0.4, -0.2) is 6.61 Å². The Bertz CT molecular complexity index is 621. The van der Waals surface area contributed by atoms with Crippen LogP contribution in [0.3, 0.4) is 0 Å².